The molecular formula is C11H10F5NO2. The maximum atomic E-state index is 12.7. The number of pyridine rings is 1. The fraction of sp³-hybridized carbons (Fsp3) is 0.455. The van der Waals surface area contributed by atoms with E-state index in [0.29, 0.717) is 12.5 Å². The first-order valence-electron chi connectivity index (χ1n) is 5.31. The van der Waals surface area contributed by atoms with E-state index in [2.05, 4.69) is 4.98 Å². The lowest BCUT2D eigenvalue weighted by Crippen LogP contribution is -2.19. The van der Waals surface area contributed by atoms with Crippen LogP contribution in [0.5, 0.6) is 0 Å². The van der Waals surface area contributed by atoms with Crippen LogP contribution in [-0.2, 0) is 12.6 Å². The molecule has 0 saturated heterocycles. The van der Waals surface area contributed by atoms with Gasteiger partial charge in [0.25, 0.3) is 6.43 Å². The van der Waals surface area contributed by atoms with Gasteiger partial charge in [0.1, 0.15) is 5.69 Å². The Bertz CT molecular complexity index is 485. The zero-order valence-corrected chi connectivity index (χ0v) is 9.76. The number of aromatic carboxylic acids is 1. The molecule has 0 fully saturated rings. The zero-order valence-electron chi connectivity index (χ0n) is 9.76. The second kappa shape index (κ2) is 5.50. The van der Waals surface area contributed by atoms with Crippen molar-refractivity contribution in [1.82, 2.24) is 4.98 Å². The minimum atomic E-state index is -5.10. The smallest absolute Gasteiger partial charge is 0.434 e. The molecule has 1 heterocycles. The SMILES string of the molecule is CCCc1cc(C(F)F)nc(C(F)(F)F)c1C(=O)O. The van der Waals surface area contributed by atoms with E-state index >= 15 is 0 Å². The van der Waals surface area contributed by atoms with Gasteiger partial charge >= 0.3 is 12.1 Å². The van der Waals surface area contributed by atoms with Crippen molar-refractivity contribution in [2.24, 2.45) is 0 Å². The zero-order chi connectivity index (χ0) is 14.8. The summed E-state index contributed by atoms with van der Waals surface area (Å²) in [4.78, 5) is 13.7. The van der Waals surface area contributed by atoms with Crippen molar-refractivity contribution >= 4 is 5.97 Å². The summed E-state index contributed by atoms with van der Waals surface area (Å²) in [7, 11) is 0. The van der Waals surface area contributed by atoms with Crippen LogP contribution in [0.15, 0.2) is 6.07 Å². The van der Waals surface area contributed by atoms with Crippen molar-refractivity contribution in [2.75, 3.05) is 0 Å². The molecule has 0 spiro atoms. The summed E-state index contributed by atoms with van der Waals surface area (Å²) in [6.45, 7) is 1.60. The maximum Gasteiger partial charge on any atom is 0.434 e. The van der Waals surface area contributed by atoms with Gasteiger partial charge in [-0.1, -0.05) is 13.3 Å². The highest BCUT2D eigenvalue weighted by Crippen LogP contribution is 2.34. The fourth-order valence-corrected chi connectivity index (χ4v) is 1.64. The van der Waals surface area contributed by atoms with Gasteiger partial charge in [0.05, 0.1) is 5.56 Å². The molecule has 1 aromatic heterocycles. The number of nitrogens with zero attached hydrogens (tertiary/aromatic N) is 1. The molecule has 8 heteroatoms. The summed E-state index contributed by atoms with van der Waals surface area (Å²) in [6, 6.07) is 0.715. The lowest BCUT2D eigenvalue weighted by Gasteiger charge is -2.15. The lowest BCUT2D eigenvalue weighted by atomic mass is 10.0. The van der Waals surface area contributed by atoms with Crippen molar-refractivity contribution < 1.29 is 31.9 Å². The van der Waals surface area contributed by atoms with E-state index in [1.807, 2.05) is 0 Å². The van der Waals surface area contributed by atoms with E-state index in [9.17, 15) is 26.7 Å². The monoisotopic (exact) mass is 283 g/mol. The van der Waals surface area contributed by atoms with Gasteiger partial charge in [0.2, 0.25) is 0 Å². The Morgan fingerprint density at radius 3 is 2.37 bits per heavy atom. The Labute approximate surface area is 105 Å². The number of carboxylic acids is 1. The van der Waals surface area contributed by atoms with Crippen LogP contribution in [0.1, 0.15) is 47.1 Å². The largest absolute Gasteiger partial charge is 0.478 e. The molecule has 0 aliphatic heterocycles. The second-order valence-electron chi connectivity index (χ2n) is 3.78. The molecule has 0 aliphatic carbocycles. The van der Waals surface area contributed by atoms with Crippen LogP contribution in [0.3, 0.4) is 0 Å². The summed E-state index contributed by atoms with van der Waals surface area (Å²) in [5.74, 6) is -1.83. The van der Waals surface area contributed by atoms with Crippen LogP contribution in [0.25, 0.3) is 0 Å². The topological polar surface area (TPSA) is 50.2 Å². The molecule has 0 unspecified atom stereocenters. The number of hydrogen-bond donors (Lipinski definition) is 1. The number of hydrogen-bond acceptors (Lipinski definition) is 2. The predicted molar refractivity (Wildman–Crippen MR) is 55.2 cm³/mol. The average Bonchev–Trinajstić information content (AvgIpc) is 2.26. The standard InChI is InChI=1S/C11H10F5NO2/c1-2-3-5-4-6(9(12)13)17-8(11(14,15)16)7(5)10(18)19/h4,9H,2-3H2,1H3,(H,18,19). The Morgan fingerprint density at radius 2 is 2.00 bits per heavy atom. The van der Waals surface area contributed by atoms with Gasteiger partial charge in [0.15, 0.2) is 5.69 Å². The van der Waals surface area contributed by atoms with E-state index in [-0.39, 0.29) is 12.0 Å². The Hall–Kier alpha value is -1.73. The van der Waals surface area contributed by atoms with Crippen LogP contribution in [0.4, 0.5) is 22.0 Å². The minimum absolute atomic E-state index is 0.0487. The van der Waals surface area contributed by atoms with Crippen LogP contribution < -0.4 is 0 Å². The molecule has 1 rings (SSSR count). The molecule has 106 valence electrons. The molecular weight excluding hydrogens is 273 g/mol. The van der Waals surface area contributed by atoms with Gasteiger partial charge in [-0.05, 0) is 18.1 Å². The van der Waals surface area contributed by atoms with Crippen molar-refractivity contribution in [3.8, 4) is 0 Å². The molecule has 1 aromatic rings. The van der Waals surface area contributed by atoms with Crippen LogP contribution >= 0.6 is 0 Å². The van der Waals surface area contributed by atoms with Gasteiger partial charge in [-0.3, -0.25) is 0 Å². The molecule has 0 radical (unpaired) electrons. The van der Waals surface area contributed by atoms with Gasteiger partial charge < -0.3 is 5.11 Å². The first-order valence-corrected chi connectivity index (χ1v) is 5.31. The van der Waals surface area contributed by atoms with Gasteiger partial charge in [-0.25, -0.2) is 18.6 Å². The minimum Gasteiger partial charge on any atom is -0.478 e. The Balaban J connectivity index is 3.60. The molecule has 0 atom stereocenters. The first-order chi connectivity index (χ1) is 8.68. The molecule has 1 N–H and O–H groups in total. The third-order valence-corrected chi connectivity index (χ3v) is 2.35. The Kier molecular flexibility index (Phi) is 4.43. The quantitative estimate of drug-likeness (QED) is 0.857. The van der Waals surface area contributed by atoms with Gasteiger partial charge in [-0.2, -0.15) is 13.2 Å². The number of halogens is 5. The summed E-state index contributed by atoms with van der Waals surface area (Å²) in [6.07, 6.45) is -8.02. The Morgan fingerprint density at radius 1 is 1.42 bits per heavy atom. The van der Waals surface area contributed by atoms with E-state index in [4.69, 9.17) is 5.11 Å². The number of carboxylic acid groups (broad SMARTS) is 1. The number of rotatable bonds is 4. The van der Waals surface area contributed by atoms with Crippen molar-refractivity contribution in [3.05, 3.63) is 28.6 Å². The number of aromatic nitrogens is 1. The molecule has 0 aromatic carbocycles. The van der Waals surface area contributed by atoms with Crippen molar-refractivity contribution in [3.63, 3.8) is 0 Å². The highest BCUT2D eigenvalue weighted by atomic mass is 19.4. The van der Waals surface area contributed by atoms with Crippen molar-refractivity contribution in [2.45, 2.75) is 32.4 Å². The summed E-state index contributed by atoms with van der Waals surface area (Å²) >= 11 is 0. The normalized spacial score (nSPS) is 11.9. The van der Waals surface area contributed by atoms with E-state index < -0.39 is 35.5 Å². The lowest BCUT2D eigenvalue weighted by molar-refractivity contribution is -0.142. The van der Waals surface area contributed by atoms with Crippen LogP contribution in [0.2, 0.25) is 0 Å². The molecule has 0 bridgehead atoms. The van der Waals surface area contributed by atoms with E-state index in [1.165, 1.54) is 0 Å². The summed E-state index contributed by atoms with van der Waals surface area (Å²) < 4.78 is 63.1. The van der Waals surface area contributed by atoms with E-state index in [1.54, 1.807) is 6.92 Å². The highest BCUT2D eigenvalue weighted by molar-refractivity contribution is 5.91. The average molecular weight is 283 g/mol. The fourth-order valence-electron chi connectivity index (χ4n) is 1.64. The molecule has 3 nitrogen and oxygen atoms in total. The maximum absolute atomic E-state index is 12.7. The van der Waals surface area contributed by atoms with Gasteiger partial charge in [0, 0.05) is 0 Å². The van der Waals surface area contributed by atoms with E-state index in [0.717, 1.165) is 0 Å². The molecule has 0 aliphatic rings. The van der Waals surface area contributed by atoms with Gasteiger partial charge in [-0.15, -0.1) is 0 Å². The highest BCUT2D eigenvalue weighted by Gasteiger charge is 2.39. The second-order valence-corrected chi connectivity index (χ2v) is 3.78. The number of carbonyl (C=O) groups is 1. The molecule has 0 saturated carbocycles. The molecule has 0 amide bonds. The number of aryl methyl sites for hydroxylation is 1. The first kappa shape index (κ1) is 15.3. The van der Waals surface area contributed by atoms with Crippen LogP contribution in [0, 0.1) is 0 Å². The predicted octanol–water partition coefficient (Wildman–Crippen LogP) is 3.69. The molecule has 19 heavy (non-hydrogen) atoms. The van der Waals surface area contributed by atoms with Crippen LogP contribution in [-0.4, -0.2) is 16.1 Å². The van der Waals surface area contributed by atoms with Crippen molar-refractivity contribution in [1.29, 1.82) is 0 Å². The third-order valence-electron chi connectivity index (χ3n) is 2.35. The summed E-state index contributed by atoms with van der Waals surface area (Å²) in [5, 5.41) is 8.84. The summed E-state index contributed by atoms with van der Waals surface area (Å²) in [5.41, 5.74) is -4.19. The third kappa shape index (κ3) is 3.39. The number of alkyl halides is 5.